The van der Waals surface area contributed by atoms with Crippen LogP contribution in [0.1, 0.15) is 60.4 Å². The van der Waals surface area contributed by atoms with Crippen molar-refractivity contribution in [2.45, 2.75) is 57.7 Å². The minimum atomic E-state index is 0.0942. The normalized spacial score (nSPS) is 24.1. The molecule has 1 aliphatic carbocycles. The number of aromatic amines is 1. The predicted molar refractivity (Wildman–Crippen MR) is 113 cm³/mol. The van der Waals surface area contributed by atoms with E-state index in [1.165, 1.54) is 46.2 Å². The number of aromatic nitrogens is 2. The Labute approximate surface area is 167 Å². The molecule has 132 valence electrons. The molecule has 25 heavy (non-hydrogen) atoms. The predicted octanol–water partition coefficient (Wildman–Crippen LogP) is 4.55. The Morgan fingerprint density at radius 2 is 1.96 bits per heavy atom. The molecule has 0 amide bonds. The first-order valence-corrected chi connectivity index (χ1v) is 10.4. The zero-order valence-electron chi connectivity index (χ0n) is 14.6. The van der Waals surface area contributed by atoms with Gasteiger partial charge in [-0.25, -0.2) is 0 Å². The summed E-state index contributed by atoms with van der Waals surface area (Å²) in [5, 5.41) is 4.46. The lowest BCUT2D eigenvalue weighted by Crippen LogP contribution is -2.37. The Morgan fingerprint density at radius 1 is 1.20 bits per heavy atom. The highest BCUT2D eigenvalue weighted by Gasteiger charge is 2.45. The van der Waals surface area contributed by atoms with Crippen LogP contribution in [0.3, 0.4) is 0 Å². The van der Waals surface area contributed by atoms with E-state index in [1.807, 2.05) is 12.3 Å². The van der Waals surface area contributed by atoms with Gasteiger partial charge in [0.1, 0.15) is 0 Å². The molecule has 1 saturated heterocycles. The van der Waals surface area contributed by atoms with Crippen molar-refractivity contribution in [2.75, 3.05) is 0 Å². The molecular formula is C19H23IN4S. The molecule has 2 aromatic rings. The molecule has 1 saturated carbocycles. The van der Waals surface area contributed by atoms with Gasteiger partial charge in [0.05, 0.1) is 17.8 Å². The number of aryl methyl sites for hydroxylation is 2. The summed E-state index contributed by atoms with van der Waals surface area (Å²) in [6.45, 7) is 4.32. The van der Waals surface area contributed by atoms with Gasteiger partial charge in [-0.15, -0.1) is 0 Å². The van der Waals surface area contributed by atoms with Crippen molar-refractivity contribution in [1.29, 1.82) is 0 Å². The average molecular weight is 466 g/mol. The van der Waals surface area contributed by atoms with Crippen LogP contribution >= 0.6 is 34.8 Å². The minimum absolute atomic E-state index is 0.0942. The second-order valence-corrected chi connectivity index (χ2v) is 8.54. The minimum Gasteiger partial charge on any atom is -0.362 e. The second-order valence-electron chi connectivity index (χ2n) is 7.07. The summed E-state index contributed by atoms with van der Waals surface area (Å²) in [5.74, 6) is 0. The van der Waals surface area contributed by atoms with Crippen molar-refractivity contribution in [3.05, 3.63) is 50.6 Å². The van der Waals surface area contributed by atoms with E-state index in [1.54, 1.807) is 0 Å². The van der Waals surface area contributed by atoms with Gasteiger partial charge in [0, 0.05) is 32.8 Å². The fourth-order valence-corrected chi connectivity index (χ4v) is 5.62. The van der Waals surface area contributed by atoms with E-state index in [4.69, 9.17) is 12.2 Å². The van der Waals surface area contributed by atoms with E-state index < -0.39 is 0 Å². The van der Waals surface area contributed by atoms with Crippen LogP contribution in [0.4, 0.5) is 0 Å². The molecule has 0 unspecified atom stereocenters. The summed E-state index contributed by atoms with van der Waals surface area (Å²) in [6.07, 6.45) is 6.92. The van der Waals surface area contributed by atoms with Gasteiger partial charge in [-0.2, -0.15) is 0 Å². The zero-order chi connectivity index (χ0) is 17.6. The van der Waals surface area contributed by atoms with Crippen LogP contribution in [0.25, 0.3) is 0 Å². The molecule has 2 aliphatic rings. The van der Waals surface area contributed by atoms with Gasteiger partial charge < -0.3 is 15.2 Å². The molecule has 6 heteroatoms. The summed E-state index contributed by atoms with van der Waals surface area (Å²) in [4.78, 5) is 10.6. The molecule has 0 radical (unpaired) electrons. The van der Waals surface area contributed by atoms with Gasteiger partial charge in [-0.3, -0.25) is 4.98 Å². The third-order valence-electron chi connectivity index (χ3n) is 5.49. The Kier molecular flexibility index (Phi) is 4.75. The molecule has 2 aromatic heterocycles. The van der Waals surface area contributed by atoms with Crippen LogP contribution in [0.2, 0.25) is 0 Å². The van der Waals surface area contributed by atoms with Crippen LogP contribution in [-0.4, -0.2) is 26.0 Å². The Hall–Kier alpha value is -1.15. The number of thiocarbonyl (C=S) groups is 1. The molecular weight excluding hydrogens is 443 g/mol. The number of rotatable bonds is 3. The summed E-state index contributed by atoms with van der Waals surface area (Å²) < 4.78 is 1.32. The monoisotopic (exact) mass is 466 g/mol. The van der Waals surface area contributed by atoms with Gasteiger partial charge >= 0.3 is 0 Å². The maximum atomic E-state index is 5.80. The fourth-order valence-electron chi connectivity index (χ4n) is 4.37. The summed E-state index contributed by atoms with van der Waals surface area (Å²) in [6, 6.07) is 6.95. The van der Waals surface area contributed by atoms with Crippen LogP contribution in [0.5, 0.6) is 0 Å². The highest BCUT2D eigenvalue weighted by molar-refractivity contribution is 14.1. The second kappa shape index (κ2) is 6.87. The first kappa shape index (κ1) is 17.3. The van der Waals surface area contributed by atoms with E-state index in [0.717, 1.165) is 10.8 Å². The topological polar surface area (TPSA) is 44.0 Å². The van der Waals surface area contributed by atoms with E-state index >= 15 is 0 Å². The molecule has 4 rings (SSSR count). The van der Waals surface area contributed by atoms with Crippen molar-refractivity contribution in [1.82, 2.24) is 20.2 Å². The molecule has 0 aromatic carbocycles. The molecule has 2 atom stereocenters. The first-order valence-electron chi connectivity index (χ1n) is 8.92. The number of nitrogens with one attached hydrogen (secondary N) is 2. The maximum Gasteiger partial charge on any atom is 0.170 e. The standard InChI is InChI=1S/C19H23IN4S/c1-11-15(16(20)12(2)22-11)18-17(14-9-5-6-10-21-14)23-19(25)24(18)13-7-3-4-8-13/h5-6,9-10,13,17-18,22H,3-4,7-8H2,1-2H3,(H,23,25)/t17-,18+/m1/s1. The Morgan fingerprint density at radius 3 is 2.56 bits per heavy atom. The SMILES string of the molecule is Cc1[nH]c(C)c([C@H]2[C@@H](c3ccccn3)NC(=S)N2C2CCCC2)c1I. The van der Waals surface area contributed by atoms with Gasteiger partial charge in [0.25, 0.3) is 0 Å². The molecule has 3 heterocycles. The van der Waals surface area contributed by atoms with Crippen molar-refractivity contribution in [3.63, 3.8) is 0 Å². The highest BCUT2D eigenvalue weighted by Crippen LogP contribution is 2.45. The molecule has 1 aliphatic heterocycles. The first-order chi connectivity index (χ1) is 12.1. The Bertz CT molecular complexity index is 782. The number of H-pyrrole nitrogens is 1. The van der Waals surface area contributed by atoms with Crippen LogP contribution in [0.15, 0.2) is 24.4 Å². The van der Waals surface area contributed by atoms with Gasteiger partial charge in [-0.1, -0.05) is 18.9 Å². The molecule has 0 bridgehead atoms. The number of hydrogen-bond donors (Lipinski definition) is 2. The number of hydrogen-bond acceptors (Lipinski definition) is 2. The van der Waals surface area contributed by atoms with Crippen LogP contribution in [-0.2, 0) is 0 Å². The average Bonchev–Trinajstić information content (AvgIpc) is 3.28. The summed E-state index contributed by atoms with van der Waals surface area (Å²) in [5.41, 5.74) is 4.90. The van der Waals surface area contributed by atoms with Crippen molar-refractivity contribution >= 4 is 39.9 Å². The number of nitrogens with zero attached hydrogens (tertiary/aromatic N) is 2. The van der Waals surface area contributed by atoms with E-state index in [9.17, 15) is 0 Å². The number of pyridine rings is 1. The zero-order valence-corrected chi connectivity index (χ0v) is 17.5. The quantitative estimate of drug-likeness (QED) is 0.515. The molecule has 4 nitrogen and oxygen atoms in total. The van der Waals surface area contributed by atoms with Gasteiger partial charge in [-0.05, 0) is 73.6 Å². The van der Waals surface area contributed by atoms with Crippen LogP contribution in [0, 0.1) is 17.4 Å². The molecule has 0 spiro atoms. The lowest BCUT2D eigenvalue weighted by Gasteiger charge is -2.33. The summed E-state index contributed by atoms with van der Waals surface area (Å²) in [7, 11) is 0. The molecule has 2 fully saturated rings. The van der Waals surface area contributed by atoms with Gasteiger partial charge in [0.2, 0.25) is 0 Å². The van der Waals surface area contributed by atoms with Crippen LogP contribution < -0.4 is 5.32 Å². The highest BCUT2D eigenvalue weighted by atomic mass is 127. The third kappa shape index (κ3) is 2.97. The largest absolute Gasteiger partial charge is 0.362 e. The van der Waals surface area contributed by atoms with Gasteiger partial charge in [0.15, 0.2) is 5.11 Å². The smallest absolute Gasteiger partial charge is 0.170 e. The lowest BCUT2D eigenvalue weighted by atomic mass is 9.95. The van der Waals surface area contributed by atoms with E-state index in [2.05, 4.69) is 68.8 Å². The maximum absolute atomic E-state index is 5.80. The van der Waals surface area contributed by atoms with Crippen molar-refractivity contribution in [2.24, 2.45) is 0 Å². The Balaban J connectivity index is 1.83. The lowest BCUT2D eigenvalue weighted by molar-refractivity contribution is 0.244. The third-order valence-corrected chi connectivity index (χ3v) is 7.21. The van der Waals surface area contributed by atoms with E-state index in [0.29, 0.717) is 6.04 Å². The fraction of sp³-hybridized carbons (Fsp3) is 0.474. The molecule has 2 N–H and O–H groups in total. The number of halogens is 1. The summed E-state index contributed by atoms with van der Waals surface area (Å²) >= 11 is 8.27. The van der Waals surface area contributed by atoms with E-state index in [-0.39, 0.29) is 12.1 Å². The van der Waals surface area contributed by atoms with Crippen molar-refractivity contribution in [3.8, 4) is 0 Å². The van der Waals surface area contributed by atoms with Crippen molar-refractivity contribution < 1.29 is 0 Å².